The second-order valence-corrected chi connectivity index (χ2v) is 13.3. The number of rotatable bonds is 8. The first-order valence-corrected chi connectivity index (χ1v) is 17.3. The molecule has 4 amide bonds. The summed E-state index contributed by atoms with van der Waals surface area (Å²) in [6.45, 7) is 4.10. The van der Waals surface area contributed by atoms with Gasteiger partial charge in [0.05, 0.1) is 22.9 Å². The highest BCUT2D eigenvalue weighted by Gasteiger charge is 2.36. The van der Waals surface area contributed by atoms with E-state index in [1.807, 2.05) is 48.5 Å². The van der Waals surface area contributed by atoms with Crippen LogP contribution in [0.1, 0.15) is 47.2 Å². The van der Waals surface area contributed by atoms with Gasteiger partial charge in [-0.1, -0.05) is 80.6 Å². The molecule has 2 aliphatic rings. The van der Waals surface area contributed by atoms with Crippen molar-refractivity contribution in [3.63, 3.8) is 0 Å². The summed E-state index contributed by atoms with van der Waals surface area (Å²) in [5, 5.41) is 37.5. The lowest BCUT2D eigenvalue weighted by atomic mass is 10.1. The van der Waals surface area contributed by atoms with Crippen molar-refractivity contribution in [2.24, 2.45) is 0 Å². The Hall–Kier alpha value is -5.46. The number of carbonyl (C=O) groups excluding carboxylic acids is 4. The molecule has 0 unspecified atom stereocenters. The van der Waals surface area contributed by atoms with Gasteiger partial charge in [-0.05, 0) is 94.5 Å². The minimum atomic E-state index is -0.405. The molecule has 0 aliphatic carbocycles. The van der Waals surface area contributed by atoms with E-state index in [4.69, 9.17) is 0 Å². The highest BCUT2D eigenvalue weighted by molar-refractivity contribution is 8.18. The number of thioether (sulfide) groups is 2. The summed E-state index contributed by atoms with van der Waals surface area (Å²) in [7, 11) is 0. The largest absolute Gasteiger partial charge is 0.504 e. The van der Waals surface area contributed by atoms with E-state index in [1.165, 1.54) is 29.3 Å². The third-order valence-corrected chi connectivity index (χ3v) is 9.74. The van der Waals surface area contributed by atoms with E-state index in [2.05, 4.69) is 13.8 Å². The fourth-order valence-corrected chi connectivity index (χ4v) is 6.68. The monoisotopic (exact) mass is 710 g/mol. The fourth-order valence-electron chi connectivity index (χ4n) is 5.00. The summed E-state index contributed by atoms with van der Waals surface area (Å²) in [5.41, 5.74) is 5.00. The zero-order valence-corrected chi connectivity index (χ0v) is 28.8. The lowest BCUT2D eigenvalue weighted by Crippen LogP contribution is -2.27. The predicted octanol–water partition coefficient (Wildman–Crippen LogP) is 7.79. The molecule has 4 N–H and O–H groups in total. The van der Waals surface area contributed by atoms with Crippen LogP contribution >= 0.6 is 23.5 Å². The van der Waals surface area contributed by atoms with Crippen LogP contribution in [0.15, 0.2) is 94.7 Å². The zero-order chi connectivity index (χ0) is 35.9. The van der Waals surface area contributed by atoms with Crippen LogP contribution < -0.4 is 0 Å². The third kappa shape index (κ3) is 8.39. The van der Waals surface area contributed by atoms with Gasteiger partial charge in [0.25, 0.3) is 22.3 Å². The molecule has 2 fully saturated rings. The number of amides is 4. The zero-order valence-electron chi connectivity index (χ0n) is 27.2. The average molecular weight is 711 g/mol. The van der Waals surface area contributed by atoms with E-state index >= 15 is 0 Å². The molecule has 0 aromatic heterocycles. The first-order chi connectivity index (χ1) is 24.0. The van der Waals surface area contributed by atoms with Gasteiger partial charge < -0.3 is 20.4 Å². The van der Waals surface area contributed by atoms with Crippen molar-refractivity contribution >= 4 is 58.0 Å². The van der Waals surface area contributed by atoms with Gasteiger partial charge in [-0.3, -0.25) is 29.0 Å². The maximum Gasteiger partial charge on any atom is 0.293 e. The number of aromatic hydroxyl groups is 4. The second kappa shape index (κ2) is 15.8. The molecule has 10 nitrogen and oxygen atoms in total. The number of nitrogens with zero attached hydrogens (tertiary/aromatic N) is 2. The molecule has 2 heterocycles. The second-order valence-electron chi connectivity index (χ2n) is 11.3. The van der Waals surface area contributed by atoms with Crippen LogP contribution in [0.4, 0.5) is 9.59 Å². The van der Waals surface area contributed by atoms with Crippen LogP contribution in [0.25, 0.3) is 12.2 Å². The Morgan fingerprint density at radius 3 is 1.52 bits per heavy atom. The number of phenols is 4. The topological polar surface area (TPSA) is 156 Å². The highest BCUT2D eigenvalue weighted by Crippen LogP contribution is 2.37. The van der Waals surface area contributed by atoms with Crippen molar-refractivity contribution in [3.05, 3.63) is 128 Å². The molecule has 4 aromatic carbocycles. The van der Waals surface area contributed by atoms with E-state index in [9.17, 15) is 39.6 Å². The lowest BCUT2D eigenvalue weighted by molar-refractivity contribution is -0.124. The Kier molecular flexibility index (Phi) is 11.3. The minimum absolute atomic E-state index is 0.0462. The molecule has 2 saturated heterocycles. The normalized spacial score (nSPS) is 16.0. The van der Waals surface area contributed by atoms with Crippen LogP contribution in [-0.4, -0.2) is 52.5 Å². The predicted molar refractivity (Wildman–Crippen MR) is 194 cm³/mol. The number of benzene rings is 4. The summed E-state index contributed by atoms with van der Waals surface area (Å²) in [4.78, 5) is 52.2. The number of hydrogen-bond donors (Lipinski definition) is 4. The van der Waals surface area contributed by atoms with Gasteiger partial charge >= 0.3 is 0 Å². The Morgan fingerprint density at radius 1 is 0.560 bits per heavy atom. The molecule has 0 spiro atoms. The van der Waals surface area contributed by atoms with E-state index in [0.717, 1.165) is 57.3 Å². The maximum absolute atomic E-state index is 12.5. The molecular formula is C38H34N2O8S2. The van der Waals surface area contributed by atoms with Gasteiger partial charge in [0.2, 0.25) is 0 Å². The number of phenolic OH excluding ortho intramolecular Hbond substituents is 4. The van der Waals surface area contributed by atoms with Crippen LogP contribution in [0.3, 0.4) is 0 Å². The lowest BCUT2D eigenvalue weighted by Gasteiger charge is -2.13. The summed E-state index contributed by atoms with van der Waals surface area (Å²) in [5.74, 6) is -1.89. The van der Waals surface area contributed by atoms with Gasteiger partial charge in [-0.15, -0.1) is 0 Å². The van der Waals surface area contributed by atoms with Crippen molar-refractivity contribution < 1.29 is 39.6 Å². The van der Waals surface area contributed by atoms with Crippen LogP contribution in [0.2, 0.25) is 0 Å². The quantitative estimate of drug-likeness (QED) is 0.105. The molecule has 2 aliphatic heterocycles. The number of imide groups is 2. The SMILES string of the molecule is CCc1ccc(/C=C2\SC(=O)N(Cc3ccc(O)c(O)c3)C2=O)cc1.CCc1ccc(/C=C2\SC(=O)N(Cc3cccc(O)c3O)C2=O)cc1. The van der Waals surface area contributed by atoms with Gasteiger partial charge in [0, 0.05) is 5.56 Å². The Balaban J connectivity index is 0.000000194. The summed E-state index contributed by atoms with van der Waals surface area (Å²) < 4.78 is 0. The first-order valence-electron chi connectivity index (χ1n) is 15.7. The number of hydrogen-bond acceptors (Lipinski definition) is 10. The molecule has 0 atom stereocenters. The van der Waals surface area contributed by atoms with Crippen molar-refractivity contribution in [1.82, 2.24) is 9.80 Å². The Morgan fingerprint density at radius 2 is 1.04 bits per heavy atom. The van der Waals surface area contributed by atoms with Gasteiger partial charge in [-0.25, -0.2) is 0 Å². The molecule has 0 bridgehead atoms. The summed E-state index contributed by atoms with van der Waals surface area (Å²) >= 11 is 1.77. The number of aryl methyl sites for hydroxylation is 2. The van der Waals surface area contributed by atoms with Gasteiger partial charge in [-0.2, -0.15) is 0 Å². The van der Waals surface area contributed by atoms with Gasteiger partial charge in [0.15, 0.2) is 23.0 Å². The minimum Gasteiger partial charge on any atom is -0.504 e. The Bertz CT molecular complexity index is 2010. The third-order valence-electron chi connectivity index (χ3n) is 7.93. The molecule has 256 valence electrons. The van der Waals surface area contributed by atoms with Crippen LogP contribution in [0, 0.1) is 0 Å². The molecular weight excluding hydrogens is 677 g/mol. The highest BCUT2D eigenvalue weighted by atomic mass is 32.2. The molecule has 50 heavy (non-hydrogen) atoms. The fraction of sp³-hybridized carbons (Fsp3) is 0.158. The number of para-hydroxylation sites is 1. The van der Waals surface area contributed by atoms with Crippen LogP contribution in [-0.2, 0) is 35.5 Å². The Labute approximate surface area is 297 Å². The van der Waals surface area contributed by atoms with Crippen molar-refractivity contribution in [1.29, 1.82) is 0 Å². The first kappa shape index (κ1) is 35.8. The summed E-state index contributed by atoms with van der Waals surface area (Å²) in [6.07, 6.45) is 5.27. The van der Waals surface area contributed by atoms with E-state index in [1.54, 1.807) is 30.4 Å². The molecule has 0 radical (unpaired) electrons. The van der Waals surface area contributed by atoms with E-state index in [-0.39, 0.29) is 47.2 Å². The van der Waals surface area contributed by atoms with Crippen LogP contribution in [0.5, 0.6) is 23.0 Å². The standard InChI is InChI=1S/2C19H17NO4S/c1-2-12-3-5-13(6-4-12)10-17-18(23)20(19(24)25-17)11-14-7-8-15(21)16(22)9-14;1-2-12-6-8-13(9-7-12)10-16-18(23)20(19(24)25-16)11-14-4-3-5-15(21)17(14)22/h2*3-10,21-22H,2,11H2,1H3/b17-10-;16-10-. The van der Waals surface area contributed by atoms with Gasteiger partial charge in [0.1, 0.15) is 0 Å². The molecule has 12 heteroatoms. The van der Waals surface area contributed by atoms with E-state index in [0.29, 0.717) is 20.9 Å². The maximum atomic E-state index is 12.5. The molecule has 6 rings (SSSR count). The van der Waals surface area contributed by atoms with Crippen molar-refractivity contribution in [3.8, 4) is 23.0 Å². The average Bonchev–Trinajstić information content (AvgIpc) is 3.53. The van der Waals surface area contributed by atoms with Crippen molar-refractivity contribution in [2.75, 3.05) is 0 Å². The molecule has 4 aromatic rings. The number of carbonyl (C=O) groups is 4. The molecule has 0 saturated carbocycles. The van der Waals surface area contributed by atoms with E-state index < -0.39 is 11.1 Å². The van der Waals surface area contributed by atoms with Crippen molar-refractivity contribution in [2.45, 2.75) is 39.8 Å². The smallest absolute Gasteiger partial charge is 0.293 e. The summed E-state index contributed by atoms with van der Waals surface area (Å²) in [6, 6.07) is 24.3.